The second kappa shape index (κ2) is 3.99. The number of furan rings is 1. The summed E-state index contributed by atoms with van der Waals surface area (Å²) in [5.41, 5.74) is 2.48. The zero-order valence-electron chi connectivity index (χ0n) is 11.8. The Bertz CT molecular complexity index is 913. The van der Waals surface area contributed by atoms with E-state index in [1.807, 2.05) is 53.4 Å². The molecule has 1 unspecified atom stereocenters. The van der Waals surface area contributed by atoms with E-state index >= 15 is 0 Å². The smallest absolute Gasteiger partial charge is 0.257 e. The molecule has 5 rings (SSSR count). The van der Waals surface area contributed by atoms with Gasteiger partial charge in [-0.15, -0.1) is 0 Å². The molecule has 2 aliphatic heterocycles. The lowest BCUT2D eigenvalue weighted by molar-refractivity contribution is -0.0298. The van der Waals surface area contributed by atoms with Crippen LogP contribution in [-0.2, 0) is 10.5 Å². The molecule has 2 aromatic carbocycles. The number of benzene rings is 2. The molecule has 108 valence electrons. The van der Waals surface area contributed by atoms with Gasteiger partial charge in [-0.05, 0) is 12.1 Å². The van der Waals surface area contributed by atoms with Crippen LogP contribution in [0.25, 0.3) is 11.0 Å². The first-order valence-corrected chi connectivity index (χ1v) is 7.34. The zero-order chi connectivity index (χ0) is 14.7. The van der Waals surface area contributed by atoms with Crippen molar-refractivity contribution in [2.75, 3.05) is 13.2 Å². The van der Waals surface area contributed by atoms with Gasteiger partial charge < -0.3 is 9.15 Å². The highest BCUT2D eigenvalue weighted by atomic mass is 16.5. The zero-order valence-corrected chi connectivity index (χ0v) is 11.8. The van der Waals surface area contributed by atoms with E-state index in [9.17, 15) is 4.79 Å². The molecule has 3 aromatic rings. The highest BCUT2D eigenvalue weighted by Gasteiger charge is 2.56. The third-order valence-corrected chi connectivity index (χ3v) is 4.62. The summed E-state index contributed by atoms with van der Waals surface area (Å²) in [6.45, 7) is 1.12. The monoisotopic (exact) mass is 291 g/mol. The summed E-state index contributed by atoms with van der Waals surface area (Å²) in [7, 11) is 0. The van der Waals surface area contributed by atoms with E-state index in [1.165, 1.54) is 0 Å². The minimum Gasteiger partial charge on any atom is -0.464 e. The van der Waals surface area contributed by atoms with E-state index in [-0.39, 0.29) is 5.91 Å². The largest absolute Gasteiger partial charge is 0.464 e. The van der Waals surface area contributed by atoms with Gasteiger partial charge in [0.05, 0.1) is 12.2 Å². The van der Waals surface area contributed by atoms with Crippen LogP contribution in [0.15, 0.2) is 59.2 Å². The van der Waals surface area contributed by atoms with Gasteiger partial charge in [0.2, 0.25) is 5.72 Å². The number of para-hydroxylation sites is 1. The lowest BCUT2D eigenvalue weighted by Gasteiger charge is -2.30. The van der Waals surface area contributed by atoms with Crippen molar-refractivity contribution in [3.8, 4) is 0 Å². The number of hydrogen-bond acceptors (Lipinski definition) is 3. The van der Waals surface area contributed by atoms with Crippen molar-refractivity contribution in [3.63, 3.8) is 0 Å². The molecule has 2 aliphatic rings. The molecule has 1 amide bonds. The topological polar surface area (TPSA) is 42.7 Å². The first kappa shape index (κ1) is 12.0. The van der Waals surface area contributed by atoms with Gasteiger partial charge in [-0.2, -0.15) is 0 Å². The first-order valence-electron chi connectivity index (χ1n) is 7.34. The Hall–Kier alpha value is -2.59. The van der Waals surface area contributed by atoms with Crippen LogP contribution in [0.5, 0.6) is 0 Å². The molecule has 4 nitrogen and oxygen atoms in total. The normalized spacial score (nSPS) is 23.1. The van der Waals surface area contributed by atoms with Crippen molar-refractivity contribution in [2.24, 2.45) is 0 Å². The maximum Gasteiger partial charge on any atom is 0.257 e. The quantitative estimate of drug-likeness (QED) is 0.692. The van der Waals surface area contributed by atoms with Gasteiger partial charge in [0.15, 0.2) is 0 Å². The molecule has 1 aromatic heterocycles. The standard InChI is InChI=1S/C18H13NO3/c20-17-13-6-1-3-7-14(13)18(19(17)9-10-22-18)15-11-21-16-8-4-2-5-12(15)16/h1-8,11H,9-10H2. The summed E-state index contributed by atoms with van der Waals surface area (Å²) in [6, 6.07) is 15.5. The van der Waals surface area contributed by atoms with Crippen LogP contribution >= 0.6 is 0 Å². The molecule has 1 atom stereocenters. The van der Waals surface area contributed by atoms with Crippen molar-refractivity contribution in [1.82, 2.24) is 4.90 Å². The van der Waals surface area contributed by atoms with Crippen molar-refractivity contribution in [1.29, 1.82) is 0 Å². The van der Waals surface area contributed by atoms with Gasteiger partial charge >= 0.3 is 0 Å². The molecule has 0 saturated carbocycles. The SMILES string of the molecule is O=C1c2ccccc2C2(c3coc4ccccc34)OCCN12. The number of amides is 1. The number of carbonyl (C=O) groups is 1. The molecule has 1 fully saturated rings. The highest BCUT2D eigenvalue weighted by molar-refractivity contribution is 6.01. The Labute approximate surface area is 126 Å². The van der Waals surface area contributed by atoms with E-state index in [0.29, 0.717) is 18.7 Å². The molecule has 0 bridgehead atoms. The fourth-order valence-corrected chi connectivity index (χ4v) is 3.71. The molecule has 0 N–H and O–H groups in total. The van der Waals surface area contributed by atoms with Crippen LogP contribution in [0, 0.1) is 0 Å². The number of ether oxygens (including phenoxy) is 1. The first-order chi connectivity index (χ1) is 10.8. The molecular formula is C18H13NO3. The predicted molar refractivity (Wildman–Crippen MR) is 80.4 cm³/mol. The van der Waals surface area contributed by atoms with Crippen molar-refractivity contribution < 1.29 is 13.9 Å². The van der Waals surface area contributed by atoms with Crippen LogP contribution in [0.3, 0.4) is 0 Å². The third-order valence-electron chi connectivity index (χ3n) is 4.62. The predicted octanol–water partition coefficient (Wildman–Crippen LogP) is 3.12. The molecule has 3 heterocycles. The van der Waals surface area contributed by atoms with Gasteiger partial charge in [0.1, 0.15) is 11.8 Å². The summed E-state index contributed by atoms with van der Waals surface area (Å²) in [5, 5.41) is 0.985. The minimum atomic E-state index is -0.847. The average molecular weight is 291 g/mol. The lowest BCUT2D eigenvalue weighted by atomic mass is 9.93. The summed E-state index contributed by atoms with van der Waals surface area (Å²) in [6.07, 6.45) is 1.72. The Morgan fingerprint density at radius 2 is 1.82 bits per heavy atom. The maximum absolute atomic E-state index is 12.7. The number of rotatable bonds is 1. The summed E-state index contributed by atoms with van der Waals surface area (Å²) in [5.74, 6) is 0.0263. The second-order valence-corrected chi connectivity index (χ2v) is 5.64. The van der Waals surface area contributed by atoms with E-state index in [4.69, 9.17) is 9.15 Å². The van der Waals surface area contributed by atoms with Gasteiger partial charge in [-0.25, -0.2) is 0 Å². The molecule has 1 saturated heterocycles. The highest BCUT2D eigenvalue weighted by Crippen LogP contribution is 2.49. The van der Waals surface area contributed by atoms with Crippen LogP contribution in [0.1, 0.15) is 21.5 Å². The average Bonchev–Trinajstić information content (AvgIpc) is 3.23. The van der Waals surface area contributed by atoms with Gasteiger partial charge in [-0.1, -0.05) is 36.4 Å². The van der Waals surface area contributed by atoms with E-state index in [1.54, 1.807) is 6.26 Å². The van der Waals surface area contributed by atoms with Crippen molar-refractivity contribution >= 4 is 16.9 Å². The third kappa shape index (κ3) is 1.24. The Kier molecular flexibility index (Phi) is 2.18. The Balaban J connectivity index is 1.87. The fraction of sp³-hybridized carbons (Fsp3) is 0.167. The number of fused-ring (bicyclic) bond motifs is 4. The second-order valence-electron chi connectivity index (χ2n) is 5.64. The number of carbonyl (C=O) groups excluding carboxylic acids is 1. The molecule has 4 heteroatoms. The fourth-order valence-electron chi connectivity index (χ4n) is 3.71. The van der Waals surface area contributed by atoms with E-state index in [2.05, 4.69) is 0 Å². The summed E-state index contributed by atoms with van der Waals surface area (Å²) >= 11 is 0. The molecule has 0 aliphatic carbocycles. The van der Waals surface area contributed by atoms with Crippen LogP contribution in [0.2, 0.25) is 0 Å². The van der Waals surface area contributed by atoms with Gasteiger partial charge in [-0.3, -0.25) is 9.69 Å². The lowest BCUT2D eigenvalue weighted by Crippen LogP contribution is -2.40. The van der Waals surface area contributed by atoms with E-state index < -0.39 is 5.72 Å². The van der Waals surface area contributed by atoms with Gasteiger partial charge in [0.25, 0.3) is 5.91 Å². The summed E-state index contributed by atoms with van der Waals surface area (Å²) in [4.78, 5) is 14.5. The van der Waals surface area contributed by atoms with Crippen molar-refractivity contribution in [2.45, 2.75) is 5.72 Å². The van der Waals surface area contributed by atoms with E-state index in [0.717, 1.165) is 22.1 Å². The van der Waals surface area contributed by atoms with Crippen LogP contribution in [0.4, 0.5) is 0 Å². The molecular weight excluding hydrogens is 278 g/mol. The van der Waals surface area contributed by atoms with Crippen LogP contribution < -0.4 is 0 Å². The summed E-state index contributed by atoms with van der Waals surface area (Å²) < 4.78 is 11.9. The maximum atomic E-state index is 12.7. The molecule has 0 spiro atoms. The minimum absolute atomic E-state index is 0.0263. The molecule has 22 heavy (non-hydrogen) atoms. The Morgan fingerprint density at radius 3 is 2.77 bits per heavy atom. The van der Waals surface area contributed by atoms with Crippen LogP contribution in [-0.4, -0.2) is 24.0 Å². The molecule has 0 radical (unpaired) electrons. The number of nitrogens with zero attached hydrogens (tertiary/aromatic N) is 1. The number of hydrogen-bond donors (Lipinski definition) is 0. The van der Waals surface area contributed by atoms with Crippen molar-refractivity contribution in [3.05, 3.63) is 71.5 Å². The van der Waals surface area contributed by atoms with Gasteiger partial charge in [0, 0.05) is 23.1 Å². The Morgan fingerprint density at radius 1 is 1.00 bits per heavy atom.